The summed E-state index contributed by atoms with van der Waals surface area (Å²) in [6.45, 7) is 10.2. The molecule has 1 unspecified atom stereocenters. The van der Waals surface area contributed by atoms with Crippen LogP contribution in [-0.2, 0) is 4.79 Å². The maximum absolute atomic E-state index is 11.8. The van der Waals surface area contributed by atoms with Crippen LogP contribution in [0.3, 0.4) is 0 Å². The first kappa shape index (κ1) is 13.9. The second kappa shape index (κ2) is 4.84. The molecule has 2 aliphatic rings. The lowest BCUT2D eigenvalue weighted by atomic mass is 9.63. The summed E-state index contributed by atoms with van der Waals surface area (Å²) in [6, 6.07) is 0.519. The Hall–Kier alpha value is -0.570. The van der Waals surface area contributed by atoms with Crippen molar-refractivity contribution in [3.63, 3.8) is 0 Å². The molecule has 1 amide bonds. The minimum Gasteiger partial charge on any atom is -0.355 e. The summed E-state index contributed by atoms with van der Waals surface area (Å²) in [7, 11) is 0. The summed E-state index contributed by atoms with van der Waals surface area (Å²) in [6.07, 6.45) is 5.72. The fraction of sp³-hybridized carbons (Fsp3) is 0.933. The standard InChI is InChI=1S/C15H28N2O/c1-14(2)8-11(9-15(3,4)10-14)17-12-6-5-7-16-13(12)18/h11-12,17H,5-10H2,1-4H3,(H,16,18). The first-order valence-corrected chi connectivity index (χ1v) is 7.31. The number of piperidine rings is 1. The Morgan fingerprint density at radius 2 is 1.78 bits per heavy atom. The lowest BCUT2D eigenvalue weighted by Gasteiger charge is -2.46. The molecule has 3 heteroatoms. The van der Waals surface area contributed by atoms with Crippen LogP contribution >= 0.6 is 0 Å². The molecule has 0 aromatic heterocycles. The summed E-state index contributed by atoms with van der Waals surface area (Å²) in [4.78, 5) is 11.8. The average molecular weight is 252 g/mol. The molecule has 1 heterocycles. The maximum atomic E-state index is 11.8. The quantitative estimate of drug-likeness (QED) is 0.792. The molecule has 1 atom stereocenters. The summed E-state index contributed by atoms with van der Waals surface area (Å²) >= 11 is 0. The highest BCUT2D eigenvalue weighted by Gasteiger charge is 2.39. The number of carbonyl (C=O) groups is 1. The Balaban J connectivity index is 1.98. The molecular weight excluding hydrogens is 224 g/mol. The van der Waals surface area contributed by atoms with Gasteiger partial charge in [0.05, 0.1) is 6.04 Å². The number of carbonyl (C=O) groups excluding carboxylic acids is 1. The summed E-state index contributed by atoms with van der Waals surface area (Å²) < 4.78 is 0. The minimum atomic E-state index is 0.0356. The van der Waals surface area contributed by atoms with Gasteiger partial charge in [-0.05, 0) is 42.9 Å². The zero-order valence-electron chi connectivity index (χ0n) is 12.3. The fourth-order valence-corrected chi connectivity index (χ4v) is 4.18. The lowest BCUT2D eigenvalue weighted by molar-refractivity contribution is -0.125. The topological polar surface area (TPSA) is 41.1 Å². The van der Waals surface area contributed by atoms with E-state index in [0.717, 1.165) is 19.4 Å². The monoisotopic (exact) mass is 252 g/mol. The third-order valence-electron chi connectivity index (χ3n) is 4.28. The number of rotatable bonds is 2. The third kappa shape index (κ3) is 3.47. The van der Waals surface area contributed by atoms with E-state index in [1.807, 2.05) is 0 Å². The van der Waals surface area contributed by atoms with Crippen LogP contribution in [0.1, 0.15) is 59.8 Å². The Labute approximate surface area is 111 Å². The van der Waals surface area contributed by atoms with Crippen molar-refractivity contribution >= 4 is 5.91 Å². The van der Waals surface area contributed by atoms with Crippen LogP contribution in [-0.4, -0.2) is 24.5 Å². The number of hydrogen-bond donors (Lipinski definition) is 2. The number of hydrogen-bond acceptors (Lipinski definition) is 2. The molecule has 1 aliphatic carbocycles. The Morgan fingerprint density at radius 3 is 2.33 bits per heavy atom. The first-order chi connectivity index (χ1) is 8.27. The molecule has 2 rings (SSSR count). The van der Waals surface area contributed by atoms with E-state index in [1.54, 1.807) is 0 Å². The molecule has 0 aromatic rings. The minimum absolute atomic E-state index is 0.0356. The van der Waals surface area contributed by atoms with Gasteiger partial charge in [-0.3, -0.25) is 4.79 Å². The highest BCUT2D eigenvalue weighted by Crippen LogP contribution is 2.45. The SMILES string of the molecule is CC1(C)CC(NC2CCCNC2=O)CC(C)(C)C1. The molecular formula is C15H28N2O. The molecule has 1 aliphatic heterocycles. The van der Waals surface area contributed by atoms with Crippen LogP contribution in [0, 0.1) is 10.8 Å². The molecule has 0 radical (unpaired) electrons. The van der Waals surface area contributed by atoms with E-state index in [2.05, 4.69) is 38.3 Å². The normalized spacial score (nSPS) is 32.0. The average Bonchev–Trinajstić information content (AvgIpc) is 2.16. The fourth-order valence-electron chi connectivity index (χ4n) is 4.18. The van der Waals surface area contributed by atoms with Crippen molar-refractivity contribution in [2.45, 2.75) is 71.9 Å². The zero-order chi connectivity index (χ0) is 13.4. The summed E-state index contributed by atoms with van der Waals surface area (Å²) in [5, 5.41) is 6.57. The highest BCUT2D eigenvalue weighted by molar-refractivity contribution is 5.82. The molecule has 1 saturated heterocycles. The largest absolute Gasteiger partial charge is 0.355 e. The number of amides is 1. The molecule has 3 nitrogen and oxygen atoms in total. The molecule has 0 bridgehead atoms. The van der Waals surface area contributed by atoms with E-state index >= 15 is 0 Å². The van der Waals surface area contributed by atoms with Crippen molar-refractivity contribution in [3.05, 3.63) is 0 Å². The smallest absolute Gasteiger partial charge is 0.237 e. The molecule has 2 fully saturated rings. The van der Waals surface area contributed by atoms with Gasteiger partial charge in [0.15, 0.2) is 0 Å². The van der Waals surface area contributed by atoms with Gasteiger partial charge in [-0.15, -0.1) is 0 Å². The predicted octanol–water partition coefficient (Wildman–Crippen LogP) is 2.46. The van der Waals surface area contributed by atoms with Crippen molar-refractivity contribution in [2.75, 3.05) is 6.54 Å². The van der Waals surface area contributed by atoms with Crippen LogP contribution in [0.5, 0.6) is 0 Å². The van der Waals surface area contributed by atoms with Crippen molar-refractivity contribution in [3.8, 4) is 0 Å². The van der Waals surface area contributed by atoms with Crippen molar-refractivity contribution in [1.82, 2.24) is 10.6 Å². The van der Waals surface area contributed by atoms with E-state index in [9.17, 15) is 4.79 Å². The summed E-state index contributed by atoms with van der Waals surface area (Å²) in [5.74, 6) is 0.197. The van der Waals surface area contributed by atoms with Gasteiger partial charge < -0.3 is 10.6 Å². The van der Waals surface area contributed by atoms with Gasteiger partial charge in [-0.25, -0.2) is 0 Å². The van der Waals surface area contributed by atoms with E-state index in [4.69, 9.17) is 0 Å². The van der Waals surface area contributed by atoms with E-state index in [-0.39, 0.29) is 11.9 Å². The molecule has 2 N–H and O–H groups in total. The van der Waals surface area contributed by atoms with Crippen LogP contribution in [0.2, 0.25) is 0 Å². The van der Waals surface area contributed by atoms with E-state index in [1.165, 1.54) is 19.3 Å². The molecule has 18 heavy (non-hydrogen) atoms. The highest BCUT2D eigenvalue weighted by atomic mass is 16.2. The molecule has 1 saturated carbocycles. The Bertz CT molecular complexity index is 306. The second-order valence-corrected chi connectivity index (χ2v) is 7.76. The van der Waals surface area contributed by atoms with Gasteiger partial charge in [0.2, 0.25) is 5.91 Å². The molecule has 0 spiro atoms. The van der Waals surface area contributed by atoms with Gasteiger partial charge in [-0.2, -0.15) is 0 Å². The molecule has 0 aromatic carbocycles. The predicted molar refractivity (Wildman–Crippen MR) is 74.4 cm³/mol. The van der Waals surface area contributed by atoms with Gasteiger partial charge in [-0.1, -0.05) is 27.7 Å². The first-order valence-electron chi connectivity index (χ1n) is 7.31. The Morgan fingerprint density at radius 1 is 1.17 bits per heavy atom. The van der Waals surface area contributed by atoms with E-state index in [0.29, 0.717) is 16.9 Å². The van der Waals surface area contributed by atoms with Crippen LogP contribution in [0.4, 0.5) is 0 Å². The van der Waals surface area contributed by atoms with Gasteiger partial charge in [0.1, 0.15) is 0 Å². The summed E-state index contributed by atoms with van der Waals surface area (Å²) in [5.41, 5.74) is 0.759. The van der Waals surface area contributed by atoms with Gasteiger partial charge in [0, 0.05) is 12.6 Å². The van der Waals surface area contributed by atoms with Gasteiger partial charge >= 0.3 is 0 Å². The Kier molecular flexibility index (Phi) is 3.72. The van der Waals surface area contributed by atoms with Crippen molar-refractivity contribution in [2.24, 2.45) is 10.8 Å². The van der Waals surface area contributed by atoms with E-state index < -0.39 is 0 Å². The van der Waals surface area contributed by atoms with Crippen LogP contribution in [0.15, 0.2) is 0 Å². The second-order valence-electron chi connectivity index (χ2n) is 7.76. The molecule has 104 valence electrons. The van der Waals surface area contributed by atoms with Crippen molar-refractivity contribution in [1.29, 1.82) is 0 Å². The van der Waals surface area contributed by atoms with Gasteiger partial charge in [0.25, 0.3) is 0 Å². The van der Waals surface area contributed by atoms with Crippen LogP contribution in [0.25, 0.3) is 0 Å². The maximum Gasteiger partial charge on any atom is 0.237 e. The van der Waals surface area contributed by atoms with Crippen molar-refractivity contribution < 1.29 is 4.79 Å². The zero-order valence-corrected chi connectivity index (χ0v) is 12.3. The lowest BCUT2D eigenvalue weighted by Crippen LogP contribution is -2.54. The third-order valence-corrected chi connectivity index (χ3v) is 4.28. The van der Waals surface area contributed by atoms with Crippen LogP contribution < -0.4 is 10.6 Å². The number of nitrogens with one attached hydrogen (secondary N) is 2.